The molecule has 3 aromatic rings. The van der Waals surface area contributed by atoms with E-state index < -0.39 is 23.5 Å². The number of methoxy groups -OCH3 is 4. The molecule has 208 valence electrons. The molecule has 2 aromatic carbocycles. The van der Waals surface area contributed by atoms with E-state index in [1.165, 1.54) is 33.3 Å². The van der Waals surface area contributed by atoms with Gasteiger partial charge in [0.1, 0.15) is 0 Å². The first-order valence-electron chi connectivity index (χ1n) is 12.7. The Bertz CT molecular complexity index is 1380. The van der Waals surface area contributed by atoms with Gasteiger partial charge in [0.15, 0.2) is 34.4 Å². The highest BCUT2D eigenvalue weighted by Crippen LogP contribution is 2.46. The zero-order valence-corrected chi connectivity index (χ0v) is 23.1. The number of fused-ring (bicyclic) bond motifs is 1. The summed E-state index contributed by atoms with van der Waals surface area (Å²) < 4.78 is 27.8. The van der Waals surface area contributed by atoms with E-state index >= 15 is 0 Å². The number of ketones is 1. The van der Waals surface area contributed by atoms with Crippen LogP contribution in [0.1, 0.15) is 36.0 Å². The van der Waals surface area contributed by atoms with Crippen molar-refractivity contribution < 1.29 is 38.1 Å². The zero-order valence-electron chi connectivity index (χ0n) is 23.1. The molecule has 4 rings (SSSR count). The van der Waals surface area contributed by atoms with Crippen LogP contribution in [-0.2, 0) is 4.79 Å². The van der Waals surface area contributed by atoms with Gasteiger partial charge in [-0.2, -0.15) is 0 Å². The quantitative estimate of drug-likeness (QED) is 0.336. The van der Waals surface area contributed by atoms with Crippen LogP contribution in [0.2, 0.25) is 0 Å². The molecule has 0 radical (unpaired) electrons. The Hall–Kier alpha value is -4.18. The highest BCUT2D eigenvalue weighted by molar-refractivity contribution is 6.16. The van der Waals surface area contributed by atoms with Crippen molar-refractivity contribution in [2.75, 3.05) is 54.6 Å². The molecule has 0 unspecified atom stereocenters. The first-order valence-corrected chi connectivity index (χ1v) is 12.7. The minimum atomic E-state index is -0.927. The molecule has 0 spiro atoms. The Morgan fingerprint density at radius 1 is 0.974 bits per heavy atom. The Morgan fingerprint density at radius 3 is 2.18 bits per heavy atom. The Balaban J connectivity index is 1.86. The molecule has 0 bridgehead atoms. The number of carbonyl (C=O) groups excluding carboxylic acids is 2. The first-order chi connectivity index (χ1) is 18.8. The zero-order chi connectivity index (χ0) is 28.3. The maximum Gasteiger partial charge on any atom is 0.290 e. The topological polar surface area (TPSA) is 111 Å². The van der Waals surface area contributed by atoms with E-state index in [0.717, 1.165) is 13.1 Å². The Kier molecular flexibility index (Phi) is 8.35. The lowest BCUT2D eigenvalue weighted by Gasteiger charge is -2.30. The van der Waals surface area contributed by atoms with Gasteiger partial charge in [0.2, 0.25) is 11.5 Å². The summed E-state index contributed by atoms with van der Waals surface area (Å²) in [5, 5.41) is 11.8. The normalized spacial score (nSPS) is 15.4. The number of likely N-dealkylation sites (N-methyl/N-ethyl adjacent to an activating group) is 1. The number of hydrogen-bond acceptors (Lipinski definition) is 9. The lowest BCUT2D eigenvalue weighted by Crippen LogP contribution is -2.38. The summed E-state index contributed by atoms with van der Waals surface area (Å²) in [5.74, 6) is -0.342. The monoisotopic (exact) mass is 538 g/mol. The number of Topliss-reactive ketones (excluding diaryl/α,β-unsaturated/α-hetero) is 1. The van der Waals surface area contributed by atoms with Gasteiger partial charge in [-0.1, -0.05) is 26.0 Å². The molecule has 2 heterocycles. The molecule has 1 atom stereocenters. The number of furan rings is 1. The number of rotatable bonds is 12. The molecular weight excluding hydrogens is 504 g/mol. The number of para-hydroxylation sites is 1. The highest BCUT2D eigenvalue weighted by Gasteiger charge is 2.45. The minimum absolute atomic E-state index is 0.0214. The van der Waals surface area contributed by atoms with Crippen molar-refractivity contribution in [3.05, 3.63) is 59.1 Å². The van der Waals surface area contributed by atoms with Crippen molar-refractivity contribution in [1.29, 1.82) is 0 Å². The molecule has 1 N–H and O–H groups in total. The van der Waals surface area contributed by atoms with Crippen molar-refractivity contribution in [2.24, 2.45) is 0 Å². The maximum absolute atomic E-state index is 14.0. The van der Waals surface area contributed by atoms with Crippen LogP contribution in [0.4, 0.5) is 0 Å². The third-order valence-electron chi connectivity index (χ3n) is 7.05. The van der Waals surface area contributed by atoms with Gasteiger partial charge in [0.25, 0.3) is 5.91 Å². The molecule has 39 heavy (non-hydrogen) atoms. The second-order valence-electron chi connectivity index (χ2n) is 8.97. The smallest absolute Gasteiger partial charge is 0.290 e. The molecule has 0 saturated carbocycles. The molecular formula is C29H34N2O8. The SMILES string of the molecule is CCN(CC)CCN1C(=O)C(O)=C(C(=O)c2cc3cccc(OC)c3o2)[C@@H]1c1cc(OC)c(OC)c(OC)c1. The van der Waals surface area contributed by atoms with E-state index in [2.05, 4.69) is 4.90 Å². The lowest BCUT2D eigenvalue weighted by atomic mass is 9.94. The van der Waals surface area contributed by atoms with Crippen LogP contribution < -0.4 is 18.9 Å². The molecule has 0 fully saturated rings. The number of nitrogens with zero attached hydrogens (tertiary/aromatic N) is 2. The average molecular weight is 539 g/mol. The van der Waals surface area contributed by atoms with E-state index in [1.54, 1.807) is 36.4 Å². The fourth-order valence-corrected chi connectivity index (χ4v) is 4.95. The number of benzene rings is 2. The highest BCUT2D eigenvalue weighted by atomic mass is 16.5. The summed E-state index contributed by atoms with van der Waals surface area (Å²) >= 11 is 0. The standard InChI is InChI=1S/C29H34N2O8/c1-7-30(8-2)12-13-31-24(18-15-21(36-4)28(38-6)22(16-18)37-5)23(26(33)29(31)34)25(32)20-14-17-10-9-11-19(35-3)27(17)39-20/h9-11,14-16,24,33H,7-8,12-13H2,1-6H3/t24-/m0/s1. The van der Waals surface area contributed by atoms with Gasteiger partial charge in [-0.15, -0.1) is 0 Å². The summed E-state index contributed by atoms with van der Waals surface area (Å²) in [6.07, 6.45) is 0. The summed E-state index contributed by atoms with van der Waals surface area (Å²) in [7, 11) is 5.98. The molecule has 1 aliphatic heterocycles. The van der Waals surface area contributed by atoms with Gasteiger partial charge in [-0.05, 0) is 42.9 Å². The maximum atomic E-state index is 14.0. The van der Waals surface area contributed by atoms with Gasteiger partial charge < -0.3 is 38.3 Å². The van der Waals surface area contributed by atoms with Crippen LogP contribution in [0, 0.1) is 0 Å². The predicted molar refractivity (Wildman–Crippen MR) is 145 cm³/mol. The van der Waals surface area contributed by atoms with Crippen LogP contribution in [0.25, 0.3) is 11.0 Å². The van der Waals surface area contributed by atoms with Crippen LogP contribution in [-0.4, -0.2) is 81.2 Å². The summed E-state index contributed by atoms with van der Waals surface area (Å²) in [4.78, 5) is 31.0. The molecule has 1 aromatic heterocycles. The summed E-state index contributed by atoms with van der Waals surface area (Å²) in [6.45, 7) is 6.48. The third-order valence-corrected chi connectivity index (χ3v) is 7.05. The number of aliphatic hydroxyl groups is 1. The van der Waals surface area contributed by atoms with Gasteiger partial charge in [-0.25, -0.2) is 0 Å². The number of amides is 1. The predicted octanol–water partition coefficient (Wildman–Crippen LogP) is 4.39. The van der Waals surface area contributed by atoms with Gasteiger partial charge in [-0.3, -0.25) is 9.59 Å². The van der Waals surface area contributed by atoms with Crippen LogP contribution >= 0.6 is 0 Å². The van der Waals surface area contributed by atoms with Gasteiger partial charge >= 0.3 is 0 Å². The van der Waals surface area contributed by atoms with Crippen molar-refractivity contribution in [3.63, 3.8) is 0 Å². The minimum Gasteiger partial charge on any atom is -0.503 e. The van der Waals surface area contributed by atoms with E-state index in [1.807, 2.05) is 13.8 Å². The molecule has 10 nitrogen and oxygen atoms in total. The lowest BCUT2D eigenvalue weighted by molar-refractivity contribution is -0.129. The van der Waals surface area contributed by atoms with Gasteiger partial charge in [0, 0.05) is 18.5 Å². The first kappa shape index (κ1) is 27.8. The van der Waals surface area contributed by atoms with Crippen LogP contribution in [0.3, 0.4) is 0 Å². The molecule has 1 amide bonds. The summed E-state index contributed by atoms with van der Waals surface area (Å²) in [6, 6.07) is 9.31. The van der Waals surface area contributed by atoms with Crippen molar-refractivity contribution >= 4 is 22.7 Å². The van der Waals surface area contributed by atoms with E-state index in [9.17, 15) is 14.7 Å². The average Bonchev–Trinajstić information content (AvgIpc) is 3.51. The second kappa shape index (κ2) is 11.7. The molecule has 1 aliphatic rings. The van der Waals surface area contributed by atoms with E-state index in [4.69, 9.17) is 23.4 Å². The van der Waals surface area contributed by atoms with Crippen molar-refractivity contribution in [2.45, 2.75) is 19.9 Å². The third kappa shape index (κ3) is 4.99. The summed E-state index contributed by atoms with van der Waals surface area (Å²) in [5.41, 5.74) is 0.820. The molecule has 0 aliphatic carbocycles. The fraction of sp³-hybridized carbons (Fsp3) is 0.379. The Morgan fingerprint density at radius 2 is 1.62 bits per heavy atom. The van der Waals surface area contributed by atoms with Crippen molar-refractivity contribution in [1.82, 2.24) is 9.80 Å². The molecule has 10 heteroatoms. The van der Waals surface area contributed by atoms with E-state index in [-0.39, 0.29) is 17.9 Å². The number of hydrogen-bond donors (Lipinski definition) is 1. The van der Waals surface area contributed by atoms with E-state index in [0.29, 0.717) is 46.1 Å². The van der Waals surface area contributed by atoms with Crippen molar-refractivity contribution in [3.8, 4) is 23.0 Å². The number of aliphatic hydroxyl groups excluding tert-OH is 1. The van der Waals surface area contributed by atoms with Crippen LogP contribution in [0.15, 0.2) is 52.1 Å². The number of carbonyl (C=O) groups is 2. The fourth-order valence-electron chi connectivity index (χ4n) is 4.95. The second-order valence-corrected chi connectivity index (χ2v) is 8.97. The number of ether oxygens (including phenoxy) is 4. The van der Waals surface area contributed by atoms with Gasteiger partial charge in [0.05, 0.1) is 40.1 Å². The van der Waals surface area contributed by atoms with Crippen LogP contribution in [0.5, 0.6) is 23.0 Å². The molecule has 0 saturated heterocycles. The largest absolute Gasteiger partial charge is 0.503 e. The Labute approximate surface area is 227 Å².